The van der Waals surface area contributed by atoms with Crippen LogP contribution >= 0.6 is 11.6 Å². The van der Waals surface area contributed by atoms with Crippen molar-refractivity contribution in [1.29, 1.82) is 5.26 Å². The number of aromatic nitrogens is 1. The maximum atomic E-state index is 8.93. The van der Waals surface area contributed by atoms with Gasteiger partial charge in [-0.15, -0.1) is 0 Å². The van der Waals surface area contributed by atoms with Crippen LogP contribution in [0.4, 0.5) is 5.69 Å². The Morgan fingerprint density at radius 1 is 1.14 bits per heavy atom. The van der Waals surface area contributed by atoms with E-state index < -0.39 is 0 Å². The SMILES string of the molecule is N#Cc1ccc(Cl)c(NCc2ccc3ncccc3c2)c1. The van der Waals surface area contributed by atoms with Crippen LogP contribution in [0.5, 0.6) is 0 Å². The van der Waals surface area contributed by atoms with Crippen molar-refractivity contribution in [2.45, 2.75) is 6.54 Å². The van der Waals surface area contributed by atoms with E-state index in [0.717, 1.165) is 22.2 Å². The van der Waals surface area contributed by atoms with E-state index >= 15 is 0 Å². The third-order valence-electron chi connectivity index (χ3n) is 3.25. The second-order valence-electron chi connectivity index (χ2n) is 4.69. The van der Waals surface area contributed by atoms with E-state index in [0.29, 0.717) is 17.1 Å². The first-order valence-electron chi connectivity index (χ1n) is 6.53. The van der Waals surface area contributed by atoms with Crippen LogP contribution in [0.2, 0.25) is 5.02 Å². The van der Waals surface area contributed by atoms with Crippen LogP contribution in [0, 0.1) is 11.3 Å². The summed E-state index contributed by atoms with van der Waals surface area (Å²) in [4.78, 5) is 4.30. The van der Waals surface area contributed by atoms with E-state index in [-0.39, 0.29) is 0 Å². The first-order valence-corrected chi connectivity index (χ1v) is 6.91. The molecule has 2 aromatic carbocycles. The second kappa shape index (κ2) is 5.82. The van der Waals surface area contributed by atoms with Crippen LogP contribution in [-0.4, -0.2) is 4.98 Å². The van der Waals surface area contributed by atoms with Crippen molar-refractivity contribution in [3.05, 3.63) is 70.9 Å². The Labute approximate surface area is 127 Å². The topological polar surface area (TPSA) is 48.7 Å². The summed E-state index contributed by atoms with van der Waals surface area (Å²) in [6, 6.07) is 17.4. The Bertz CT molecular complexity index is 837. The molecule has 3 rings (SSSR count). The predicted octanol–water partition coefficient (Wildman–Crippen LogP) is 4.37. The maximum Gasteiger partial charge on any atom is 0.0992 e. The third kappa shape index (κ3) is 2.96. The zero-order chi connectivity index (χ0) is 14.7. The summed E-state index contributed by atoms with van der Waals surface area (Å²) in [7, 11) is 0. The van der Waals surface area contributed by atoms with Gasteiger partial charge in [-0.1, -0.05) is 23.7 Å². The van der Waals surface area contributed by atoms with Crippen LogP contribution in [0.25, 0.3) is 10.9 Å². The predicted molar refractivity (Wildman–Crippen MR) is 85.2 cm³/mol. The van der Waals surface area contributed by atoms with Crippen molar-refractivity contribution in [3.8, 4) is 6.07 Å². The van der Waals surface area contributed by atoms with Crippen LogP contribution in [-0.2, 0) is 6.54 Å². The first kappa shape index (κ1) is 13.4. The minimum absolute atomic E-state index is 0.588. The molecule has 21 heavy (non-hydrogen) atoms. The Balaban J connectivity index is 1.82. The first-order chi connectivity index (χ1) is 10.3. The molecule has 0 bridgehead atoms. The number of pyridine rings is 1. The number of halogens is 1. The fraction of sp³-hybridized carbons (Fsp3) is 0.0588. The van der Waals surface area contributed by atoms with Gasteiger partial charge in [0.15, 0.2) is 0 Å². The van der Waals surface area contributed by atoms with Crippen LogP contribution < -0.4 is 5.32 Å². The average molecular weight is 294 g/mol. The lowest BCUT2D eigenvalue weighted by Gasteiger charge is -2.09. The van der Waals surface area contributed by atoms with Crippen molar-refractivity contribution in [2.75, 3.05) is 5.32 Å². The molecule has 0 saturated heterocycles. The van der Waals surface area contributed by atoms with Crippen molar-refractivity contribution >= 4 is 28.2 Å². The highest BCUT2D eigenvalue weighted by atomic mass is 35.5. The van der Waals surface area contributed by atoms with Crippen LogP contribution in [0.15, 0.2) is 54.7 Å². The molecule has 1 aromatic heterocycles. The van der Waals surface area contributed by atoms with E-state index in [1.165, 1.54) is 0 Å². The largest absolute Gasteiger partial charge is 0.380 e. The molecule has 0 atom stereocenters. The average Bonchev–Trinajstić information content (AvgIpc) is 2.54. The molecule has 4 heteroatoms. The van der Waals surface area contributed by atoms with E-state index in [2.05, 4.69) is 22.4 Å². The highest BCUT2D eigenvalue weighted by molar-refractivity contribution is 6.33. The van der Waals surface area contributed by atoms with Gasteiger partial charge in [-0.3, -0.25) is 4.98 Å². The molecule has 0 amide bonds. The van der Waals surface area contributed by atoms with Gasteiger partial charge in [0.05, 0.1) is 27.9 Å². The van der Waals surface area contributed by atoms with Gasteiger partial charge in [-0.2, -0.15) is 5.26 Å². The van der Waals surface area contributed by atoms with E-state index in [1.54, 1.807) is 24.4 Å². The number of rotatable bonds is 3. The number of hydrogen-bond acceptors (Lipinski definition) is 3. The summed E-state index contributed by atoms with van der Waals surface area (Å²) in [5.74, 6) is 0. The lowest BCUT2D eigenvalue weighted by molar-refractivity contribution is 1.15. The Hall–Kier alpha value is -2.57. The lowest BCUT2D eigenvalue weighted by atomic mass is 10.1. The molecule has 3 nitrogen and oxygen atoms in total. The van der Waals surface area contributed by atoms with Gasteiger partial charge < -0.3 is 5.32 Å². The van der Waals surface area contributed by atoms with Crippen molar-refractivity contribution < 1.29 is 0 Å². The van der Waals surface area contributed by atoms with Gasteiger partial charge >= 0.3 is 0 Å². The number of anilines is 1. The minimum atomic E-state index is 0.588. The van der Waals surface area contributed by atoms with Gasteiger partial charge in [0.2, 0.25) is 0 Å². The van der Waals surface area contributed by atoms with Gasteiger partial charge in [0.1, 0.15) is 0 Å². The van der Waals surface area contributed by atoms with E-state index in [1.807, 2.05) is 24.3 Å². The molecule has 0 fully saturated rings. The maximum absolute atomic E-state index is 8.93. The molecule has 3 aromatic rings. The molecular formula is C17H12ClN3. The minimum Gasteiger partial charge on any atom is -0.380 e. The number of nitrogens with one attached hydrogen (secondary N) is 1. The Kier molecular flexibility index (Phi) is 3.72. The van der Waals surface area contributed by atoms with Crippen LogP contribution in [0.3, 0.4) is 0 Å². The van der Waals surface area contributed by atoms with Gasteiger partial charge in [0.25, 0.3) is 0 Å². The Morgan fingerprint density at radius 3 is 2.90 bits per heavy atom. The monoisotopic (exact) mass is 293 g/mol. The standard InChI is InChI=1S/C17H12ClN3/c18-15-5-3-12(10-19)9-17(15)21-11-13-4-6-16-14(8-13)2-1-7-20-16/h1-9,21H,11H2. The third-order valence-corrected chi connectivity index (χ3v) is 3.58. The summed E-state index contributed by atoms with van der Waals surface area (Å²) < 4.78 is 0. The number of nitriles is 1. The zero-order valence-electron chi connectivity index (χ0n) is 11.2. The van der Waals surface area contributed by atoms with Crippen LogP contribution in [0.1, 0.15) is 11.1 Å². The fourth-order valence-electron chi connectivity index (χ4n) is 2.16. The second-order valence-corrected chi connectivity index (χ2v) is 5.10. The molecule has 1 N–H and O–H groups in total. The molecule has 0 aliphatic rings. The number of hydrogen-bond donors (Lipinski definition) is 1. The normalized spacial score (nSPS) is 10.3. The number of benzene rings is 2. The van der Waals surface area contributed by atoms with E-state index in [9.17, 15) is 0 Å². The zero-order valence-corrected chi connectivity index (χ0v) is 11.9. The van der Waals surface area contributed by atoms with Crippen molar-refractivity contribution in [3.63, 3.8) is 0 Å². The lowest BCUT2D eigenvalue weighted by Crippen LogP contribution is -2.00. The van der Waals surface area contributed by atoms with Gasteiger partial charge in [0, 0.05) is 18.1 Å². The van der Waals surface area contributed by atoms with Crippen molar-refractivity contribution in [1.82, 2.24) is 4.98 Å². The van der Waals surface area contributed by atoms with E-state index in [4.69, 9.17) is 16.9 Å². The highest BCUT2D eigenvalue weighted by Crippen LogP contribution is 2.23. The highest BCUT2D eigenvalue weighted by Gasteiger charge is 2.03. The molecular weight excluding hydrogens is 282 g/mol. The smallest absolute Gasteiger partial charge is 0.0992 e. The molecule has 0 aliphatic heterocycles. The summed E-state index contributed by atoms with van der Waals surface area (Å²) in [5.41, 5.74) is 3.46. The number of fused-ring (bicyclic) bond motifs is 1. The molecule has 0 radical (unpaired) electrons. The summed E-state index contributed by atoms with van der Waals surface area (Å²) >= 11 is 6.13. The van der Waals surface area contributed by atoms with Crippen molar-refractivity contribution in [2.24, 2.45) is 0 Å². The van der Waals surface area contributed by atoms with Gasteiger partial charge in [-0.05, 0) is 42.0 Å². The Morgan fingerprint density at radius 2 is 2.05 bits per heavy atom. The molecule has 0 spiro atoms. The summed E-state index contributed by atoms with van der Waals surface area (Å²) in [6.07, 6.45) is 1.79. The molecule has 0 aliphatic carbocycles. The number of nitrogens with zero attached hydrogens (tertiary/aromatic N) is 2. The fourth-order valence-corrected chi connectivity index (χ4v) is 2.35. The molecule has 0 saturated carbocycles. The molecule has 0 unspecified atom stereocenters. The quantitative estimate of drug-likeness (QED) is 0.780. The van der Waals surface area contributed by atoms with Gasteiger partial charge in [-0.25, -0.2) is 0 Å². The summed E-state index contributed by atoms with van der Waals surface area (Å²) in [5, 5.41) is 13.9. The summed E-state index contributed by atoms with van der Waals surface area (Å²) in [6.45, 7) is 0.638. The molecule has 1 heterocycles. The molecule has 102 valence electrons.